The molecule has 0 unspecified atom stereocenters. The first-order valence-corrected chi connectivity index (χ1v) is 8.37. The van der Waals surface area contributed by atoms with Gasteiger partial charge in [-0.2, -0.15) is 0 Å². The lowest BCUT2D eigenvalue weighted by atomic mass is 9.88. The first kappa shape index (κ1) is 16.5. The van der Waals surface area contributed by atoms with E-state index in [-0.39, 0.29) is 18.4 Å². The highest BCUT2D eigenvalue weighted by Crippen LogP contribution is 2.45. The molecule has 2 aromatic carbocycles. The van der Waals surface area contributed by atoms with Gasteiger partial charge in [0.2, 0.25) is 0 Å². The number of hydrogen-bond donors (Lipinski definition) is 2. The summed E-state index contributed by atoms with van der Waals surface area (Å²) >= 11 is 0. The Kier molecular flexibility index (Phi) is 4.86. The van der Waals surface area contributed by atoms with Crippen LogP contribution in [0.4, 0.5) is 0 Å². The van der Waals surface area contributed by atoms with Crippen LogP contribution < -0.4 is 10.1 Å². The molecule has 1 amide bonds. The third kappa shape index (κ3) is 3.77. The zero-order valence-electron chi connectivity index (χ0n) is 13.8. The zero-order valence-corrected chi connectivity index (χ0v) is 13.8. The van der Waals surface area contributed by atoms with Gasteiger partial charge in [-0.05, 0) is 43.4 Å². The van der Waals surface area contributed by atoms with Crippen molar-refractivity contribution in [1.29, 1.82) is 0 Å². The number of nitrogens with one attached hydrogen (secondary N) is 1. The lowest BCUT2D eigenvalue weighted by Crippen LogP contribution is -2.46. The number of para-hydroxylation sites is 1. The molecule has 0 radical (unpaired) electrons. The summed E-state index contributed by atoms with van der Waals surface area (Å²) in [6, 6.07) is 18.8. The number of rotatable bonds is 7. The van der Waals surface area contributed by atoms with Crippen LogP contribution in [0.1, 0.15) is 25.3 Å². The molecule has 1 saturated carbocycles. The normalized spacial score (nSPS) is 17.6. The molecule has 1 aliphatic carbocycles. The SMILES string of the molecule is C[C@H](Oc1ccccc1)C(=O)NC[C@@](O)(c1ccccc1)C1CC1. The second kappa shape index (κ2) is 7.05. The number of carbonyl (C=O) groups excluding carboxylic acids is 1. The molecule has 0 aliphatic heterocycles. The predicted octanol–water partition coefficient (Wildman–Crippen LogP) is 2.87. The molecular formula is C20H23NO3. The molecule has 0 bridgehead atoms. The highest BCUT2D eigenvalue weighted by Gasteiger charge is 2.45. The Morgan fingerprint density at radius 1 is 1.17 bits per heavy atom. The summed E-state index contributed by atoms with van der Waals surface area (Å²) in [5, 5.41) is 13.9. The van der Waals surface area contributed by atoms with Crippen LogP contribution in [0.5, 0.6) is 5.75 Å². The molecule has 1 fully saturated rings. The van der Waals surface area contributed by atoms with E-state index < -0.39 is 11.7 Å². The fourth-order valence-corrected chi connectivity index (χ4v) is 2.89. The van der Waals surface area contributed by atoms with Crippen LogP contribution in [0.2, 0.25) is 0 Å². The maximum atomic E-state index is 12.3. The summed E-state index contributed by atoms with van der Waals surface area (Å²) in [7, 11) is 0. The van der Waals surface area contributed by atoms with Crippen molar-refractivity contribution in [2.75, 3.05) is 6.54 Å². The minimum atomic E-state index is -1.01. The van der Waals surface area contributed by atoms with Gasteiger partial charge in [0, 0.05) is 0 Å². The first-order chi connectivity index (χ1) is 11.6. The summed E-state index contributed by atoms with van der Waals surface area (Å²) in [4.78, 5) is 12.3. The van der Waals surface area contributed by atoms with Crippen molar-refractivity contribution in [2.45, 2.75) is 31.5 Å². The van der Waals surface area contributed by atoms with Crippen molar-refractivity contribution in [1.82, 2.24) is 5.32 Å². The molecule has 0 spiro atoms. The largest absolute Gasteiger partial charge is 0.481 e. The van der Waals surface area contributed by atoms with Gasteiger partial charge in [0.1, 0.15) is 11.4 Å². The Hall–Kier alpha value is -2.33. The van der Waals surface area contributed by atoms with Gasteiger partial charge in [-0.25, -0.2) is 0 Å². The number of hydrogen-bond acceptors (Lipinski definition) is 3. The predicted molar refractivity (Wildman–Crippen MR) is 92.6 cm³/mol. The van der Waals surface area contributed by atoms with Gasteiger partial charge in [-0.15, -0.1) is 0 Å². The van der Waals surface area contributed by atoms with Crippen LogP contribution in [0.25, 0.3) is 0 Å². The topological polar surface area (TPSA) is 58.6 Å². The van der Waals surface area contributed by atoms with Gasteiger partial charge >= 0.3 is 0 Å². The molecule has 2 aromatic rings. The van der Waals surface area contributed by atoms with Crippen molar-refractivity contribution < 1.29 is 14.6 Å². The Morgan fingerprint density at radius 3 is 2.33 bits per heavy atom. The van der Waals surface area contributed by atoms with E-state index in [1.807, 2.05) is 60.7 Å². The molecule has 4 heteroatoms. The van der Waals surface area contributed by atoms with Crippen LogP contribution in [0.3, 0.4) is 0 Å². The molecule has 2 atom stereocenters. The van der Waals surface area contributed by atoms with Crippen molar-refractivity contribution in [2.24, 2.45) is 5.92 Å². The van der Waals surface area contributed by atoms with Crippen molar-refractivity contribution in [3.05, 3.63) is 66.2 Å². The number of aliphatic hydroxyl groups is 1. The molecule has 24 heavy (non-hydrogen) atoms. The molecule has 0 aromatic heterocycles. The first-order valence-electron chi connectivity index (χ1n) is 8.37. The lowest BCUT2D eigenvalue weighted by molar-refractivity contribution is -0.128. The average Bonchev–Trinajstić information content (AvgIpc) is 3.46. The van der Waals surface area contributed by atoms with Crippen molar-refractivity contribution >= 4 is 5.91 Å². The number of ether oxygens (including phenoxy) is 1. The van der Waals surface area contributed by atoms with E-state index >= 15 is 0 Å². The van der Waals surface area contributed by atoms with Gasteiger partial charge in [0.25, 0.3) is 5.91 Å². The molecule has 4 nitrogen and oxygen atoms in total. The Bertz CT molecular complexity index is 670. The van der Waals surface area contributed by atoms with Crippen LogP contribution in [-0.2, 0) is 10.4 Å². The molecule has 0 heterocycles. The van der Waals surface area contributed by atoms with Gasteiger partial charge in [0.05, 0.1) is 6.54 Å². The van der Waals surface area contributed by atoms with Gasteiger partial charge in [0.15, 0.2) is 6.10 Å². The lowest BCUT2D eigenvalue weighted by Gasteiger charge is -2.29. The van der Waals surface area contributed by atoms with Gasteiger partial charge in [-0.1, -0.05) is 48.5 Å². The van der Waals surface area contributed by atoms with E-state index in [1.165, 1.54) is 0 Å². The van der Waals surface area contributed by atoms with Crippen molar-refractivity contribution in [3.8, 4) is 5.75 Å². The van der Waals surface area contributed by atoms with E-state index in [4.69, 9.17) is 4.74 Å². The Morgan fingerprint density at radius 2 is 1.75 bits per heavy atom. The average molecular weight is 325 g/mol. The standard InChI is InChI=1S/C20H23NO3/c1-15(24-18-10-6-3-7-11-18)19(22)21-14-20(23,17-12-13-17)16-8-4-2-5-9-16/h2-11,15,17,23H,12-14H2,1H3,(H,21,22)/t15-,20+/m0/s1. The summed E-state index contributed by atoms with van der Waals surface area (Å²) < 4.78 is 5.63. The van der Waals surface area contributed by atoms with E-state index in [1.54, 1.807) is 6.92 Å². The zero-order chi connectivity index (χ0) is 17.0. The summed E-state index contributed by atoms with van der Waals surface area (Å²) in [6.45, 7) is 1.91. The second-order valence-electron chi connectivity index (χ2n) is 6.36. The summed E-state index contributed by atoms with van der Waals surface area (Å²) in [5.41, 5.74) is -0.159. The van der Waals surface area contributed by atoms with Crippen LogP contribution in [0.15, 0.2) is 60.7 Å². The van der Waals surface area contributed by atoms with E-state index in [9.17, 15) is 9.90 Å². The van der Waals surface area contributed by atoms with Crippen LogP contribution in [-0.4, -0.2) is 23.7 Å². The molecule has 2 N–H and O–H groups in total. The van der Waals surface area contributed by atoms with Crippen LogP contribution >= 0.6 is 0 Å². The number of carbonyl (C=O) groups is 1. The Labute approximate surface area is 142 Å². The smallest absolute Gasteiger partial charge is 0.260 e. The third-order valence-electron chi connectivity index (χ3n) is 4.48. The van der Waals surface area contributed by atoms with E-state index in [0.717, 1.165) is 18.4 Å². The summed E-state index contributed by atoms with van der Waals surface area (Å²) in [5.74, 6) is 0.625. The number of amides is 1. The van der Waals surface area contributed by atoms with E-state index in [0.29, 0.717) is 5.75 Å². The van der Waals surface area contributed by atoms with Crippen LogP contribution in [0, 0.1) is 5.92 Å². The fraction of sp³-hybridized carbons (Fsp3) is 0.350. The highest BCUT2D eigenvalue weighted by molar-refractivity contribution is 5.80. The molecular weight excluding hydrogens is 302 g/mol. The van der Waals surface area contributed by atoms with Crippen molar-refractivity contribution in [3.63, 3.8) is 0 Å². The molecule has 3 rings (SSSR count). The molecule has 0 saturated heterocycles. The van der Waals surface area contributed by atoms with Gasteiger partial charge < -0.3 is 15.2 Å². The fourth-order valence-electron chi connectivity index (χ4n) is 2.89. The molecule has 126 valence electrons. The highest BCUT2D eigenvalue weighted by atomic mass is 16.5. The monoisotopic (exact) mass is 325 g/mol. The maximum absolute atomic E-state index is 12.3. The Balaban J connectivity index is 1.61. The maximum Gasteiger partial charge on any atom is 0.260 e. The minimum absolute atomic E-state index is 0.197. The molecule has 1 aliphatic rings. The van der Waals surface area contributed by atoms with Gasteiger partial charge in [-0.3, -0.25) is 4.79 Å². The minimum Gasteiger partial charge on any atom is -0.481 e. The van der Waals surface area contributed by atoms with E-state index in [2.05, 4.69) is 5.32 Å². The summed E-state index contributed by atoms with van der Waals surface area (Å²) in [6.07, 6.45) is 1.35. The third-order valence-corrected chi connectivity index (χ3v) is 4.48. The number of benzene rings is 2. The quantitative estimate of drug-likeness (QED) is 0.823. The second-order valence-corrected chi connectivity index (χ2v) is 6.36.